The highest BCUT2D eigenvalue weighted by atomic mass is 16.5. The van der Waals surface area contributed by atoms with E-state index >= 15 is 0 Å². The summed E-state index contributed by atoms with van der Waals surface area (Å²) in [6.45, 7) is 7.02. The Hall–Kier alpha value is -3.37. The molecule has 1 amide bonds. The van der Waals surface area contributed by atoms with Gasteiger partial charge in [-0.05, 0) is 50.5 Å². The second-order valence-electron chi connectivity index (χ2n) is 7.21. The Kier molecular flexibility index (Phi) is 9.04. The van der Waals surface area contributed by atoms with Crippen LogP contribution in [0, 0.1) is 25.2 Å². The van der Waals surface area contributed by atoms with Gasteiger partial charge in [-0.2, -0.15) is 5.26 Å². The molecule has 1 unspecified atom stereocenters. The summed E-state index contributed by atoms with van der Waals surface area (Å²) in [5.74, 6) is -1.23. The first kappa shape index (κ1) is 23.9. The zero-order valence-corrected chi connectivity index (χ0v) is 18.5. The Labute approximate surface area is 183 Å². The summed E-state index contributed by atoms with van der Waals surface area (Å²) < 4.78 is 12.4. The fourth-order valence-corrected chi connectivity index (χ4v) is 3.19. The van der Waals surface area contributed by atoms with Crippen molar-refractivity contribution < 1.29 is 19.1 Å². The normalized spacial score (nSPS) is 12.2. The van der Waals surface area contributed by atoms with Gasteiger partial charge in [0.05, 0.1) is 6.61 Å². The maximum atomic E-state index is 12.4. The molecule has 0 saturated carbocycles. The van der Waals surface area contributed by atoms with E-state index < -0.39 is 18.0 Å². The summed E-state index contributed by atoms with van der Waals surface area (Å²) in [7, 11) is 1.64. The van der Waals surface area contributed by atoms with Crippen LogP contribution >= 0.6 is 0 Å². The molecule has 2 aromatic rings. The third kappa shape index (κ3) is 6.83. The summed E-state index contributed by atoms with van der Waals surface area (Å²) in [5, 5.41) is 12.2. The summed E-state index contributed by atoms with van der Waals surface area (Å²) in [6.07, 6.45) is 1.16. The predicted molar refractivity (Wildman–Crippen MR) is 118 cm³/mol. The standard InChI is InChI=1S/C24H29N3O4/c1-17-14-21(18(2)27(17)12-13-30-4)15-22(16-25)24(29)31-19(3)23(28)26-11-10-20-8-6-5-7-9-20/h5-9,14-15,19H,10-13H2,1-4H3,(H,26,28)/b22-15+. The Balaban J connectivity index is 1.97. The maximum Gasteiger partial charge on any atom is 0.349 e. The van der Waals surface area contributed by atoms with Gasteiger partial charge in [-0.3, -0.25) is 4.79 Å². The lowest BCUT2D eigenvalue weighted by molar-refractivity contribution is -0.150. The van der Waals surface area contributed by atoms with Gasteiger partial charge >= 0.3 is 5.97 Å². The van der Waals surface area contributed by atoms with Crippen molar-refractivity contribution in [2.24, 2.45) is 0 Å². The zero-order valence-electron chi connectivity index (χ0n) is 18.5. The van der Waals surface area contributed by atoms with Crippen LogP contribution in [0.25, 0.3) is 6.08 Å². The van der Waals surface area contributed by atoms with Crippen LogP contribution in [0.15, 0.2) is 42.0 Å². The maximum absolute atomic E-state index is 12.4. The van der Waals surface area contributed by atoms with E-state index in [0.717, 1.165) is 22.5 Å². The molecule has 0 radical (unpaired) electrons. The molecule has 1 aromatic heterocycles. The lowest BCUT2D eigenvalue weighted by Gasteiger charge is -2.13. The molecule has 0 aliphatic rings. The van der Waals surface area contributed by atoms with Gasteiger partial charge in [-0.15, -0.1) is 0 Å². The topological polar surface area (TPSA) is 93.3 Å². The Morgan fingerprint density at radius 3 is 2.61 bits per heavy atom. The van der Waals surface area contributed by atoms with Gasteiger partial charge in [0.15, 0.2) is 6.10 Å². The average Bonchev–Trinajstić information content (AvgIpc) is 3.03. The van der Waals surface area contributed by atoms with Gasteiger partial charge in [0, 0.05) is 31.6 Å². The molecule has 1 atom stereocenters. The molecule has 0 spiro atoms. The second-order valence-corrected chi connectivity index (χ2v) is 7.21. The van der Waals surface area contributed by atoms with Crippen LogP contribution in [-0.4, -0.2) is 42.8 Å². The number of nitrogens with zero attached hydrogens (tertiary/aromatic N) is 2. The molecule has 1 heterocycles. The van der Waals surface area contributed by atoms with E-state index in [1.54, 1.807) is 7.11 Å². The number of methoxy groups -OCH3 is 1. The lowest BCUT2D eigenvalue weighted by atomic mass is 10.1. The molecular weight excluding hydrogens is 394 g/mol. The fraction of sp³-hybridized carbons (Fsp3) is 0.375. The molecule has 0 aliphatic carbocycles. The molecule has 0 aliphatic heterocycles. The number of rotatable bonds is 10. The van der Waals surface area contributed by atoms with Crippen molar-refractivity contribution in [1.82, 2.24) is 9.88 Å². The van der Waals surface area contributed by atoms with Crippen LogP contribution in [0.4, 0.5) is 0 Å². The first-order valence-corrected chi connectivity index (χ1v) is 10.2. The van der Waals surface area contributed by atoms with E-state index in [-0.39, 0.29) is 5.57 Å². The molecule has 164 valence electrons. The molecule has 1 aromatic carbocycles. The highest BCUT2D eigenvalue weighted by Gasteiger charge is 2.21. The number of aryl methyl sites for hydroxylation is 1. The van der Waals surface area contributed by atoms with E-state index in [0.29, 0.717) is 26.1 Å². The molecular formula is C24H29N3O4. The number of benzene rings is 1. The molecule has 0 fully saturated rings. The van der Waals surface area contributed by atoms with Crippen LogP contribution in [0.2, 0.25) is 0 Å². The SMILES string of the molecule is COCCn1c(C)cc(/C=C(\C#N)C(=O)OC(C)C(=O)NCCc2ccccc2)c1C. The molecule has 0 saturated heterocycles. The van der Waals surface area contributed by atoms with Crippen molar-refractivity contribution in [2.75, 3.05) is 20.3 Å². The summed E-state index contributed by atoms with van der Waals surface area (Å²) in [6, 6.07) is 13.5. The Bertz CT molecular complexity index is 971. The number of nitriles is 1. The number of esters is 1. The average molecular weight is 424 g/mol. The van der Waals surface area contributed by atoms with Gasteiger partial charge in [0.25, 0.3) is 5.91 Å². The summed E-state index contributed by atoms with van der Waals surface area (Å²) in [4.78, 5) is 24.7. The molecule has 0 bridgehead atoms. The van der Waals surface area contributed by atoms with Crippen LogP contribution in [-0.2, 0) is 32.0 Å². The van der Waals surface area contributed by atoms with Gasteiger partial charge in [0.1, 0.15) is 11.6 Å². The molecule has 31 heavy (non-hydrogen) atoms. The smallest absolute Gasteiger partial charge is 0.349 e. The molecule has 7 heteroatoms. The van der Waals surface area contributed by atoms with Crippen molar-refractivity contribution in [3.63, 3.8) is 0 Å². The third-order valence-corrected chi connectivity index (χ3v) is 4.98. The molecule has 2 rings (SSSR count). The number of hydrogen-bond acceptors (Lipinski definition) is 5. The minimum Gasteiger partial charge on any atom is -0.448 e. The van der Waals surface area contributed by atoms with Gasteiger partial charge in [-0.1, -0.05) is 30.3 Å². The van der Waals surface area contributed by atoms with Crippen LogP contribution in [0.1, 0.15) is 29.4 Å². The number of nitrogens with one attached hydrogen (secondary N) is 1. The van der Waals surface area contributed by atoms with Gasteiger partial charge in [-0.25, -0.2) is 4.79 Å². The molecule has 1 N–H and O–H groups in total. The van der Waals surface area contributed by atoms with E-state index in [1.807, 2.05) is 56.3 Å². The van der Waals surface area contributed by atoms with Crippen LogP contribution in [0.3, 0.4) is 0 Å². The highest BCUT2D eigenvalue weighted by Crippen LogP contribution is 2.19. The van der Waals surface area contributed by atoms with E-state index in [9.17, 15) is 14.9 Å². The van der Waals surface area contributed by atoms with Crippen molar-refractivity contribution in [1.29, 1.82) is 5.26 Å². The predicted octanol–water partition coefficient (Wildman–Crippen LogP) is 2.95. The minimum atomic E-state index is -1.01. The Morgan fingerprint density at radius 1 is 1.26 bits per heavy atom. The zero-order chi connectivity index (χ0) is 22.8. The third-order valence-electron chi connectivity index (χ3n) is 4.98. The quantitative estimate of drug-likeness (QED) is 0.360. The summed E-state index contributed by atoms with van der Waals surface area (Å²) in [5.41, 5.74) is 3.61. The number of amides is 1. The first-order valence-electron chi connectivity index (χ1n) is 10.2. The van der Waals surface area contributed by atoms with Crippen molar-refractivity contribution in [2.45, 2.75) is 39.8 Å². The number of ether oxygens (including phenoxy) is 2. The number of carbonyl (C=O) groups excluding carboxylic acids is 2. The number of carbonyl (C=O) groups is 2. The molecule has 7 nitrogen and oxygen atoms in total. The van der Waals surface area contributed by atoms with Crippen LogP contribution in [0.5, 0.6) is 0 Å². The van der Waals surface area contributed by atoms with Crippen LogP contribution < -0.4 is 5.32 Å². The van der Waals surface area contributed by atoms with Gasteiger partial charge < -0.3 is 19.4 Å². The largest absolute Gasteiger partial charge is 0.448 e. The first-order chi connectivity index (χ1) is 14.9. The lowest BCUT2D eigenvalue weighted by Crippen LogP contribution is -2.37. The van der Waals surface area contributed by atoms with Crippen molar-refractivity contribution >= 4 is 18.0 Å². The summed E-state index contributed by atoms with van der Waals surface area (Å²) >= 11 is 0. The van der Waals surface area contributed by atoms with E-state index in [2.05, 4.69) is 9.88 Å². The monoisotopic (exact) mass is 423 g/mol. The Morgan fingerprint density at radius 2 is 1.97 bits per heavy atom. The fourth-order valence-electron chi connectivity index (χ4n) is 3.19. The number of aromatic nitrogens is 1. The van der Waals surface area contributed by atoms with Crippen molar-refractivity contribution in [3.05, 3.63) is 64.5 Å². The highest BCUT2D eigenvalue weighted by molar-refractivity contribution is 5.99. The van der Waals surface area contributed by atoms with Crippen molar-refractivity contribution in [3.8, 4) is 6.07 Å². The number of hydrogen-bond donors (Lipinski definition) is 1. The van der Waals surface area contributed by atoms with E-state index in [1.165, 1.54) is 13.0 Å². The minimum absolute atomic E-state index is 0.157. The van der Waals surface area contributed by atoms with Gasteiger partial charge in [0.2, 0.25) is 0 Å². The second kappa shape index (κ2) is 11.7. The van der Waals surface area contributed by atoms with E-state index in [4.69, 9.17) is 9.47 Å².